The predicted octanol–water partition coefficient (Wildman–Crippen LogP) is 1.77. The van der Waals surface area contributed by atoms with E-state index in [1.54, 1.807) is 12.1 Å². The van der Waals surface area contributed by atoms with E-state index in [9.17, 15) is 4.39 Å². The van der Waals surface area contributed by atoms with Gasteiger partial charge in [0.2, 0.25) is 0 Å². The van der Waals surface area contributed by atoms with Crippen molar-refractivity contribution in [2.45, 2.75) is 26.0 Å². The van der Waals surface area contributed by atoms with Gasteiger partial charge in [-0.1, -0.05) is 6.07 Å². The quantitative estimate of drug-likeness (QED) is 0.346. The maximum Gasteiger partial charge on any atom is 0.191 e. The van der Waals surface area contributed by atoms with Crippen molar-refractivity contribution in [1.29, 1.82) is 0 Å². The van der Waals surface area contributed by atoms with Gasteiger partial charge in [0.15, 0.2) is 5.96 Å². The number of rotatable bonds is 7. The minimum absolute atomic E-state index is 0. The van der Waals surface area contributed by atoms with Crippen molar-refractivity contribution < 1.29 is 9.13 Å². The molecule has 152 valence electrons. The highest BCUT2D eigenvalue weighted by molar-refractivity contribution is 14.0. The molecule has 2 N–H and O–H groups in total. The second-order valence-corrected chi connectivity index (χ2v) is 6.98. The minimum Gasteiger partial charge on any atom is -0.489 e. The van der Waals surface area contributed by atoms with E-state index in [2.05, 4.69) is 32.3 Å². The number of nitrogens with zero attached hydrogens (tertiary/aromatic N) is 3. The molecule has 0 aliphatic carbocycles. The second-order valence-electron chi connectivity index (χ2n) is 6.98. The normalized spacial score (nSPS) is 25.4. The van der Waals surface area contributed by atoms with E-state index in [0.29, 0.717) is 18.3 Å². The number of guanidine groups is 1. The van der Waals surface area contributed by atoms with E-state index in [1.165, 1.54) is 38.3 Å². The van der Waals surface area contributed by atoms with Crippen molar-refractivity contribution >= 4 is 29.9 Å². The number of benzene rings is 1. The third kappa shape index (κ3) is 6.76. The fourth-order valence-corrected chi connectivity index (χ4v) is 3.50. The first-order chi connectivity index (χ1) is 12.6. The molecule has 0 radical (unpaired) electrons. The largest absolute Gasteiger partial charge is 0.489 e. The molecule has 0 aromatic heterocycles. The molecule has 27 heavy (non-hydrogen) atoms. The highest BCUT2D eigenvalue weighted by Crippen LogP contribution is 2.15. The predicted molar refractivity (Wildman–Crippen MR) is 118 cm³/mol. The summed E-state index contributed by atoms with van der Waals surface area (Å²) < 4.78 is 19.0. The van der Waals surface area contributed by atoms with E-state index in [1.807, 2.05) is 6.92 Å². The fraction of sp³-hybridized carbons (Fsp3) is 0.632. The van der Waals surface area contributed by atoms with Crippen molar-refractivity contribution in [1.82, 2.24) is 20.4 Å². The minimum atomic E-state index is -0.291. The molecule has 3 aliphatic heterocycles. The van der Waals surface area contributed by atoms with Gasteiger partial charge in [0, 0.05) is 57.9 Å². The topological polar surface area (TPSA) is 52.1 Å². The van der Waals surface area contributed by atoms with Crippen LogP contribution >= 0.6 is 24.0 Å². The molecule has 6 nitrogen and oxygen atoms in total. The molecule has 1 aromatic carbocycles. The summed E-state index contributed by atoms with van der Waals surface area (Å²) in [6, 6.07) is 6.76. The smallest absolute Gasteiger partial charge is 0.191 e. The Morgan fingerprint density at radius 1 is 1.30 bits per heavy atom. The van der Waals surface area contributed by atoms with E-state index in [0.717, 1.165) is 25.6 Å². The third-order valence-corrected chi connectivity index (χ3v) is 4.88. The maximum atomic E-state index is 13.2. The van der Waals surface area contributed by atoms with Gasteiger partial charge in [-0.05, 0) is 26.0 Å². The van der Waals surface area contributed by atoms with Gasteiger partial charge in [-0.15, -0.1) is 24.0 Å². The van der Waals surface area contributed by atoms with Crippen molar-refractivity contribution in [3.63, 3.8) is 0 Å². The van der Waals surface area contributed by atoms with Crippen LogP contribution in [0, 0.1) is 5.82 Å². The summed E-state index contributed by atoms with van der Waals surface area (Å²) in [5.74, 6) is 1.05. The number of hydrogen-bond donors (Lipinski definition) is 2. The van der Waals surface area contributed by atoms with Crippen LogP contribution in [0.3, 0.4) is 0 Å². The Morgan fingerprint density at radius 3 is 2.70 bits per heavy atom. The monoisotopic (exact) mass is 491 g/mol. The third-order valence-electron chi connectivity index (χ3n) is 4.88. The highest BCUT2D eigenvalue weighted by atomic mass is 127. The molecule has 8 heteroatoms. The average Bonchev–Trinajstić information content (AvgIpc) is 2.65. The number of ether oxygens (including phenoxy) is 1. The molecule has 0 spiro atoms. The first-order valence-corrected chi connectivity index (χ1v) is 9.55. The van der Waals surface area contributed by atoms with Gasteiger partial charge in [-0.3, -0.25) is 9.80 Å². The molecule has 2 unspecified atom stereocenters. The molecule has 1 aromatic rings. The van der Waals surface area contributed by atoms with Crippen LogP contribution in [0.4, 0.5) is 4.39 Å². The summed E-state index contributed by atoms with van der Waals surface area (Å²) in [5.41, 5.74) is 0. The number of nitrogens with one attached hydrogen (secondary N) is 2. The summed E-state index contributed by atoms with van der Waals surface area (Å²) in [5, 5.41) is 6.74. The summed E-state index contributed by atoms with van der Waals surface area (Å²) in [7, 11) is 0. The SMILES string of the molecule is CCNC(=NCC(C)Oc1cccc(F)c1)NCC1CN2CCN1CC2.I. The molecular formula is C19H31FIN5O. The van der Waals surface area contributed by atoms with Crippen LogP contribution in [0.25, 0.3) is 0 Å². The summed E-state index contributed by atoms with van der Waals surface area (Å²) >= 11 is 0. The van der Waals surface area contributed by atoms with Gasteiger partial charge < -0.3 is 15.4 Å². The zero-order valence-corrected chi connectivity index (χ0v) is 18.5. The molecule has 3 heterocycles. The van der Waals surface area contributed by atoms with Crippen LogP contribution in [0.1, 0.15) is 13.8 Å². The number of halogens is 2. The van der Waals surface area contributed by atoms with E-state index in [4.69, 9.17) is 4.74 Å². The van der Waals surface area contributed by atoms with Crippen molar-refractivity contribution in [2.24, 2.45) is 4.99 Å². The summed E-state index contributed by atoms with van der Waals surface area (Å²) in [4.78, 5) is 9.72. The average molecular weight is 491 g/mol. The lowest BCUT2D eigenvalue weighted by molar-refractivity contribution is 0.0154. The van der Waals surface area contributed by atoms with Gasteiger partial charge >= 0.3 is 0 Å². The molecule has 2 atom stereocenters. The number of fused-ring (bicyclic) bond motifs is 3. The van der Waals surface area contributed by atoms with E-state index < -0.39 is 0 Å². The van der Waals surface area contributed by atoms with Crippen LogP contribution in [-0.4, -0.2) is 80.3 Å². The number of hydrogen-bond acceptors (Lipinski definition) is 4. The summed E-state index contributed by atoms with van der Waals surface area (Å²) in [6.07, 6.45) is -0.132. The molecule has 3 aliphatic rings. The zero-order valence-electron chi connectivity index (χ0n) is 16.2. The highest BCUT2D eigenvalue weighted by Gasteiger charge is 2.31. The summed E-state index contributed by atoms with van der Waals surface area (Å²) in [6.45, 7) is 12.1. The Labute approximate surface area is 178 Å². The van der Waals surface area contributed by atoms with Crippen LogP contribution in [-0.2, 0) is 0 Å². The van der Waals surface area contributed by atoms with Gasteiger partial charge in [-0.2, -0.15) is 0 Å². The van der Waals surface area contributed by atoms with Gasteiger partial charge in [0.05, 0.1) is 6.54 Å². The van der Waals surface area contributed by atoms with Gasteiger partial charge in [0.1, 0.15) is 17.7 Å². The first-order valence-electron chi connectivity index (χ1n) is 9.55. The zero-order chi connectivity index (χ0) is 18.4. The maximum absolute atomic E-state index is 13.2. The van der Waals surface area contributed by atoms with Gasteiger partial charge in [0.25, 0.3) is 0 Å². The standard InChI is InChI=1S/C19H30FN5O.HI/c1-3-21-19(23-13-17-14-24-7-9-25(17)10-8-24)22-12-15(2)26-18-6-4-5-16(20)11-18;/h4-6,11,15,17H,3,7-10,12-14H2,1-2H3,(H2,21,22,23);1H. The van der Waals surface area contributed by atoms with Crippen molar-refractivity contribution in [3.05, 3.63) is 30.1 Å². The van der Waals surface area contributed by atoms with Crippen LogP contribution in [0.15, 0.2) is 29.3 Å². The van der Waals surface area contributed by atoms with Gasteiger partial charge in [-0.25, -0.2) is 9.38 Å². The Balaban J connectivity index is 0.00000261. The Morgan fingerprint density at radius 2 is 2.07 bits per heavy atom. The number of aliphatic imine (C=N–C) groups is 1. The molecular weight excluding hydrogens is 460 g/mol. The lowest BCUT2D eigenvalue weighted by Gasteiger charge is -2.47. The molecule has 3 fully saturated rings. The molecule has 4 rings (SSSR count). The first kappa shape index (κ1) is 22.2. The molecule has 0 amide bonds. The fourth-order valence-electron chi connectivity index (χ4n) is 3.50. The van der Waals surface area contributed by atoms with Crippen LogP contribution < -0.4 is 15.4 Å². The Hall–Kier alpha value is -1.13. The van der Waals surface area contributed by atoms with Crippen molar-refractivity contribution in [2.75, 3.05) is 52.4 Å². The second kappa shape index (κ2) is 11.0. The lowest BCUT2D eigenvalue weighted by atomic mass is 10.1. The van der Waals surface area contributed by atoms with Crippen LogP contribution in [0.5, 0.6) is 5.75 Å². The molecule has 0 saturated carbocycles. The Bertz CT molecular complexity index is 610. The van der Waals surface area contributed by atoms with Crippen LogP contribution in [0.2, 0.25) is 0 Å². The molecule has 2 bridgehead atoms. The lowest BCUT2D eigenvalue weighted by Crippen LogP contribution is -2.63. The molecule has 3 saturated heterocycles. The van der Waals surface area contributed by atoms with Crippen molar-refractivity contribution in [3.8, 4) is 5.75 Å². The van der Waals surface area contributed by atoms with E-state index >= 15 is 0 Å². The van der Waals surface area contributed by atoms with E-state index in [-0.39, 0.29) is 35.9 Å². The number of piperazine rings is 3. The Kier molecular flexibility index (Phi) is 9.04.